The number of imide groups is 1. The molecule has 12 nitrogen and oxygen atoms in total. The van der Waals surface area contributed by atoms with Crippen molar-refractivity contribution in [2.24, 2.45) is 0 Å². The highest BCUT2D eigenvalue weighted by atomic mass is 32.2. The molecule has 0 bridgehead atoms. The van der Waals surface area contributed by atoms with Crippen molar-refractivity contribution >= 4 is 58.8 Å². The third-order valence-corrected chi connectivity index (χ3v) is 9.60. The summed E-state index contributed by atoms with van der Waals surface area (Å²) in [6.45, 7) is -0.116. The van der Waals surface area contributed by atoms with E-state index in [0.717, 1.165) is 32.3 Å². The van der Waals surface area contributed by atoms with Gasteiger partial charge in [0.25, 0.3) is 23.4 Å². The smallest absolute Gasteiger partial charge is 0.355 e. The van der Waals surface area contributed by atoms with Crippen molar-refractivity contribution in [1.29, 1.82) is 0 Å². The molecule has 44 heavy (non-hydrogen) atoms. The van der Waals surface area contributed by atoms with Gasteiger partial charge in [0.2, 0.25) is 5.91 Å². The van der Waals surface area contributed by atoms with Gasteiger partial charge in [0, 0.05) is 63.3 Å². The van der Waals surface area contributed by atoms with E-state index in [-0.39, 0.29) is 25.3 Å². The first kappa shape index (κ1) is 31.0. The lowest BCUT2D eigenvalue weighted by atomic mass is 10.0. The Morgan fingerprint density at radius 2 is 1.73 bits per heavy atom. The van der Waals surface area contributed by atoms with Crippen LogP contribution >= 0.6 is 23.5 Å². The zero-order valence-corrected chi connectivity index (χ0v) is 25.5. The van der Waals surface area contributed by atoms with E-state index < -0.39 is 41.0 Å². The van der Waals surface area contributed by atoms with E-state index in [1.165, 1.54) is 35.5 Å². The minimum atomic E-state index is -0.870. The van der Waals surface area contributed by atoms with Gasteiger partial charge in [0.1, 0.15) is 29.5 Å². The molecule has 2 aromatic rings. The van der Waals surface area contributed by atoms with Crippen molar-refractivity contribution in [2.75, 3.05) is 32.2 Å². The normalized spacial score (nSPS) is 19.1. The average molecular weight is 638 g/mol. The highest BCUT2D eigenvalue weighted by molar-refractivity contribution is 8.01. The second-order valence-electron chi connectivity index (χ2n) is 10.0. The molecule has 0 radical (unpaired) electrons. The van der Waals surface area contributed by atoms with Gasteiger partial charge >= 0.3 is 5.97 Å². The van der Waals surface area contributed by atoms with Crippen LogP contribution in [-0.4, -0.2) is 87.8 Å². The Morgan fingerprint density at radius 3 is 2.36 bits per heavy atom. The number of nitrogens with zero attached hydrogens (tertiary/aromatic N) is 3. The lowest BCUT2D eigenvalue weighted by Crippen LogP contribution is -2.70. The first-order valence-electron chi connectivity index (χ1n) is 13.6. The van der Waals surface area contributed by atoms with E-state index in [2.05, 4.69) is 5.32 Å². The Labute approximate surface area is 261 Å². The molecule has 0 aliphatic carbocycles. The molecule has 0 aromatic heterocycles. The van der Waals surface area contributed by atoms with Crippen LogP contribution in [0.2, 0.25) is 0 Å². The van der Waals surface area contributed by atoms with Gasteiger partial charge in [0.05, 0.1) is 7.11 Å². The molecule has 2 unspecified atom stereocenters. The monoisotopic (exact) mass is 637 g/mol. The van der Waals surface area contributed by atoms with Crippen LogP contribution < -0.4 is 10.1 Å². The van der Waals surface area contributed by atoms with Gasteiger partial charge in [-0.15, -0.1) is 23.5 Å². The van der Waals surface area contributed by atoms with Gasteiger partial charge in [-0.1, -0.05) is 12.1 Å². The minimum Gasteiger partial charge on any atom is -0.497 e. The van der Waals surface area contributed by atoms with E-state index >= 15 is 0 Å². The molecule has 228 valence electrons. The van der Waals surface area contributed by atoms with Crippen LogP contribution in [0.5, 0.6) is 5.75 Å². The van der Waals surface area contributed by atoms with Crippen LogP contribution in [-0.2, 0) is 35.3 Å². The average Bonchev–Trinajstić information content (AvgIpc) is 3.36. The number of carbonyl (C=O) groups excluding carboxylic acids is 5. The van der Waals surface area contributed by atoms with E-state index in [9.17, 15) is 28.9 Å². The maximum Gasteiger partial charge on any atom is 0.355 e. The van der Waals surface area contributed by atoms with E-state index in [0.29, 0.717) is 28.5 Å². The number of ether oxygens (including phenoxy) is 2. The number of methoxy groups -OCH3 is 1. The van der Waals surface area contributed by atoms with Crippen molar-refractivity contribution in [1.82, 2.24) is 15.1 Å². The molecule has 3 aliphatic rings. The molecule has 4 amide bonds. The van der Waals surface area contributed by atoms with Gasteiger partial charge in [0.15, 0.2) is 7.05 Å². The van der Waals surface area contributed by atoms with Crippen LogP contribution in [0.15, 0.2) is 76.8 Å². The van der Waals surface area contributed by atoms with Crippen LogP contribution in [0, 0.1) is 4.91 Å². The van der Waals surface area contributed by atoms with Crippen LogP contribution in [0.3, 0.4) is 0 Å². The summed E-state index contributed by atoms with van der Waals surface area (Å²) in [4.78, 5) is 77.8. The molecular weight excluding hydrogens is 608 g/mol. The Hall–Kier alpha value is -4.43. The summed E-state index contributed by atoms with van der Waals surface area (Å²) in [5.74, 6) is -1.08. The van der Waals surface area contributed by atoms with Gasteiger partial charge < -0.3 is 14.8 Å². The number of rotatable bonds is 12. The van der Waals surface area contributed by atoms with Gasteiger partial charge in [-0.05, 0) is 35.4 Å². The van der Waals surface area contributed by atoms with Crippen LogP contribution in [0.4, 0.5) is 5.69 Å². The zero-order chi connectivity index (χ0) is 31.4. The molecular formula is C30H29N4O8S2+. The topological polar surface area (TPSA) is 142 Å². The van der Waals surface area contributed by atoms with Gasteiger partial charge in [-0.2, -0.15) is 0 Å². The quantitative estimate of drug-likeness (QED) is 0.121. The maximum absolute atomic E-state index is 13.5. The summed E-state index contributed by atoms with van der Waals surface area (Å²) in [6.07, 6.45) is 2.13. The fraction of sp³-hybridized carbons (Fsp3) is 0.300. The number of amides is 4. The second kappa shape index (κ2) is 13.5. The number of fused-ring (bicyclic) bond motifs is 1. The number of benzene rings is 2. The van der Waals surface area contributed by atoms with Gasteiger partial charge in [-0.25, -0.2) is 4.79 Å². The summed E-state index contributed by atoms with van der Waals surface area (Å²) in [7, 11) is 2.97. The standard InChI is InChI=1S/C30H28N4O8S2/c1-32(40)20-5-9-22(10-6-20)43-16-19-17-44-29-26(31-23(35)13-14-33-24(36)11-12-25(33)37)28(38)34(29)27(19)30(39)42-15-18-3-7-21(41-2)8-4-18/h3-12,26,29H,13-17H2,1-2H3/p+1. The zero-order valence-electron chi connectivity index (χ0n) is 23.9. The van der Waals surface area contributed by atoms with Crippen LogP contribution in [0.1, 0.15) is 12.0 Å². The lowest BCUT2D eigenvalue weighted by molar-refractivity contribution is -0.428. The maximum atomic E-state index is 13.5. The first-order valence-corrected chi connectivity index (χ1v) is 15.6. The molecule has 1 fully saturated rings. The molecule has 0 spiro atoms. The largest absolute Gasteiger partial charge is 0.497 e. The molecule has 2 atom stereocenters. The van der Waals surface area contributed by atoms with Crippen molar-refractivity contribution in [2.45, 2.75) is 29.3 Å². The first-order chi connectivity index (χ1) is 21.2. The number of carbonyl (C=O) groups is 5. The van der Waals surface area contributed by atoms with Crippen molar-refractivity contribution < 1.29 is 38.2 Å². The molecule has 2 aromatic carbocycles. The van der Waals surface area contributed by atoms with E-state index in [1.807, 2.05) is 12.1 Å². The molecule has 5 rings (SSSR count). The molecule has 1 N–H and O–H groups in total. The van der Waals surface area contributed by atoms with Crippen molar-refractivity contribution in [3.05, 3.63) is 82.4 Å². The molecule has 0 saturated carbocycles. The predicted octanol–water partition coefficient (Wildman–Crippen LogP) is 2.54. The second-order valence-corrected chi connectivity index (χ2v) is 12.2. The highest BCUT2D eigenvalue weighted by Gasteiger charge is 2.54. The third-order valence-electron chi connectivity index (χ3n) is 7.16. The number of hydrogen-bond acceptors (Lipinski definition) is 10. The summed E-state index contributed by atoms with van der Waals surface area (Å²) >= 11 is 2.88. The van der Waals surface area contributed by atoms with Crippen LogP contribution in [0.25, 0.3) is 0 Å². The fourth-order valence-electron chi connectivity index (χ4n) is 4.75. The SMILES string of the molecule is COc1ccc(COC(=O)C2=C(CSc3ccc([N+](C)=O)cc3)CSC3C(NC(=O)CCN4C(=O)C=CC4=O)C(=O)N23)cc1. The number of nitrogens with one attached hydrogen (secondary N) is 1. The molecule has 1 saturated heterocycles. The molecule has 3 heterocycles. The van der Waals surface area contributed by atoms with E-state index in [4.69, 9.17) is 9.47 Å². The van der Waals surface area contributed by atoms with Gasteiger partial charge in [-0.3, -0.25) is 29.0 Å². The summed E-state index contributed by atoms with van der Waals surface area (Å²) in [5.41, 5.74) is 2.12. The number of thioether (sulfide) groups is 2. The lowest BCUT2D eigenvalue weighted by Gasteiger charge is -2.49. The molecule has 3 aliphatic heterocycles. The minimum absolute atomic E-state index is 0.0142. The summed E-state index contributed by atoms with van der Waals surface area (Å²) < 4.78 is 11.6. The fourth-order valence-corrected chi connectivity index (χ4v) is 7.14. The number of β-lactam (4-membered cyclic amide) rings is 1. The Kier molecular flexibility index (Phi) is 9.49. The third kappa shape index (κ3) is 6.70. The Balaban J connectivity index is 1.28. The van der Waals surface area contributed by atoms with Crippen molar-refractivity contribution in [3.8, 4) is 5.75 Å². The molecule has 14 heteroatoms. The summed E-state index contributed by atoms with van der Waals surface area (Å²) in [6, 6.07) is 13.2. The highest BCUT2D eigenvalue weighted by Crippen LogP contribution is 2.42. The van der Waals surface area contributed by atoms with E-state index in [1.54, 1.807) is 43.5 Å². The predicted molar refractivity (Wildman–Crippen MR) is 162 cm³/mol. The number of nitroso groups, excluding NO2 is 1. The number of hydrogen-bond donors (Lipinski definition) is 1. The summed E-state index contributed by atoms with van der Waals surface area (Å²) in [5, 5.41) is 2.17. The Morgan fingerprint density at radius 1 is 1.05 bits per heavy atom. The Bertz CT molecular complexity index is 1550. The van der Waals surface area contributed by atoms with Crippen molar-refractivity contribution in [3.63, 3.8) is 0 Å². The number of esters is 1.